The molecule has 0 saturated heterocycles. The third kappa shape index (κ3) is 3.03. The number of carbonyl (C=O) groups excluding carboxylic acids is 1. The Labute approximate surface area is 94.3 Å². The Bertz CT molecular complexity index is 351. The van der Waals surface area contributed by atoms with Gasteiger partial charge in [-0.15, -0.1) is 0 Å². The van der Waals surface area contributed by atoms with Crippen molar-refractivity contribution in [3.8, 4) is 0 Å². The predicted octanol–water partition coefficient (Wildman–Crippen LogP) is 3.97. The van der Waals surface area contributed by atoms with Crippen molar-refractivity contribution in [2.75, 3.05) is 0 Å². The molecule has 3 heteroatoms. The molecule has 1 aromatic rings. The van der Waals surface area contributed by atoms with Gasteiger partial charge >= 0.3 is 0 Å². The molecule has 1 unspecified atom stereocenters. The van der Waals surface area contributed by atoms with Crippen LogP contribution in [-0.2, 0) is 4.79 Å². The summed E-state index contributed by atoms with van der Waals surface area (Å²) >= 11 is 5.68. The quantitative estimate of drug-likeness (QED) is 0.749. The average Bonchev–Trinajstić information content (AvgIpc) is 2.15. The number of Topliss-reactive ketones (excluding diaryl/α,β-unsaturated/α-hetero) is 1. The molecule has 0 aliphatic heterocycles. The zero-order valence-electron chi connectivity index (χ0n) is 9.05. The number of hydrogen-bond donors (Lipinski definition) is 0. The zero-order chi connectivity index (χ0) is 11.6. The summed E-state index contributed by atoms with van der Waals surface area (Å²) in [6, 6.07) is 6.24. The molecule has 1 atom stereocenters. The molecule has 0 aliphatic carbocycles. The first-order valence-electron chi connectivity index (χ1n) is 4.76. The molecule has 0 heterocycles. The van der Waals surface area contributed by atoms with Crippen LogP contribution in [0.15, 0.2) is 24.3 Å². The Morgan fingerprint density at radius 1 is 1.27 bits per heavy atom. The van der Waals surface area contributed by atoms with Gasteiger partial charge in [0.2, 0.25) is 0 Å². The molecular weight excluding hydrogens is 215 g/mol. The van der Waals surface area contributed by atoms with Crippen molar-refractivity contribution in [3.05, 3.63) is 34.9 Å². The molecule has 0 spiro atoms. The van der Waals surface area contributed by atoms with Crippen LogP contribution in [0.3, 0.4) is 0 Å². The molecule has 0 amide bonds. The first-order chi connectivity index (χ1) is 6.82. The van der Waals surface area contributed by atoms with Gasteiger partial charge < -0.3 is 0 Å². The fraction of sp³-hybridized carbons (Fsp3) is 0.417. The van der Waals surface area contributed by atoms with Gasteiger partial charge in [0, 0.05) is 10.4 Å². The summed E-state index contributed by atoms with van der Waals surface area (Å²) in [5.41, 5.74) is -0.307. The smallest absolute Gasteiger partial charge is 0.184 e. The van der Waals surface area contributed by atoms with Crippen molar-refractivity contribution < 1.29 is 9.18 Å². The van der Waals surface area contributed by atoms with Gasteiger partial charge in [-0.25, -0.2) is 4.39 Å². The van der Waals surface area contributed by atoms with E-state index in [1.165, 1.54) is 12.1 Å². The maximum Gasteiger partial charge on any atom is 0.184 e. The van der Waals surface area contributed by atoms with Crippen LogP contribution in [0.25, 0.3) is 0 Å². The van der Waals surface area contributed by atoms with E-state index in [1.807, 2.05) is 0 Å². The van der Waals surface area contributed by atoms with Gasteiger partial charge in [-0.2, -0.15) is 0 Å². The standard InChI is InChI=1S/C12H14ClFO/c1-12(2,3)11(15)10(14)8-4-6-9(13)7-5-8/h4-7,10H,1-3H3. The van der Waals surface area contributed by atoms with Crippen molar-refractivity contribution in [3.63, 3.8) is 0 Å². The van der Waals surface area contributed by atoms with Crippen LogP contribution < -0.4 is 0 Å². The maximum atomic E-state index is 13.8. The van der Waals surface area contributed by atoms with E-state index in [2.05, 4.69) is 0 Å². The minimum Gasteiger partial charge on any atom is -0.295 e. The van der Waals surface area contributed by atoms with Crippen LogP contribution in [0.1, 0.15) is 32.5 Å². The Morgan fingerprint density at radius 2 is 1.73 bits per heavy atom. The maximum absolute atomic E-state index is 13.8. The van der Waals surface area contributed by atoms with Crippen molar-refractivity contribution in [2.45, 2.75) is 26.9 Å². The highest BCUT2D eigenvalue weighted by atomic mass is 35.5. The van der Waals surface area contributed by atoms with E-state index in [4.69, 9.17) is 11.6 Å². The van der Waals surface area contributed by atoms with E-state index in [-0.39, 0.29) is 0 Å². The SMILES string of the molecule is CC(C)(C)C(=O)C(F)c1ccc(Cl)cc1. The molecule has 0 N–H and O–H groups in total. The highest BCUT2D eigenvalue weighted by molar-refractivity contribution is 6.30. The molecule has 0 bridgehead atoms. The summed E-state index contributed by atoms with van der Waals surface area (Å²) in [5.74, 6) is -0.412. The van der Waals surface area contributed by atoms with E-state index >= 15 is 0 Å². The predicted molar refractivity (Wildman–Crippen MR) is 59.8 cm³/mol. The molecule has 0 aromatic heterocycles. The van der Waals surface area contributed by atoms with Crippen molar-refractivity contribution in [2.24, 2.45) is 5.41 Å². The monoisotopic (exact) mass is 228 g/mol. The Morgan fingerprint density at radius 3 is 2.13 bits per heavy atom. The number of benzene rings is 1. The van der Waals surface area contributed by atoms with Crippen LogP contribution in [-0.4, -0.2) is 5.78 Å². The van der Waals surface area contributed by atoms with E-state index in [9.17, 15) is 9.18 Å². The average molecular weight is 229 g/mol. The van der Waals surface area contributed by atoms with Gasteiger partial charge in [-0.05, 0) is 17.7 Å². The highest BCUT2D eigenvalue weighted by Crippen LogP contribution is 2.28. The summed E-state index contributed by atoms with van der Waals surface area (Å²) in [7, 11) is 0. The van der Waals surface area contributed by atoms with E-state index < -0.39 is 17.4 Å². The largest absolute Gasteiger partial charge is 0.295 e. The van der Waals surface area contributed by atoms with Crippen LogP contribution in [0.5, 0.6) is 0 Å². The molecule has 0 radical (unpaired) electrons. The normalized spacial score (nSPS) is 13.7. The Hall–Kier alpha value is -0.890. The molecule has 15 heavy (non-hydrogen) atoms. The zero-order valence-corrected chi connectivity index (χ0v) is 9.81. The van der Waals surface area contributed by atoms with Gasteiger partial charge in [0.05, 0.1) is 0 Å². The second kappa shape index (κ2) is 4.31. The second-order valence-corrected chi connectivity index (χ2v) is 4.96. The molecule has 0 saturated carbocycles. The lowest BCUT2D eigenvalue weighted by Crippen LogP contribution is -2.24. The number of rotatable bonds is 2. The third-order valence-electron chi connectivity index (χ3n) is 2.13. The lowest BCUT2D eigenvalue weighted by molar-refractivity contribution is -0.131. The summed E-state index contributed by atoms with van der Waals surface area (Å²) in [5, 5.41) is 0.536. The van der Waals surface area contributed by atoms with Gasteiger partial charge in [-0.3, -0.25) is 4.79 Å². The van der Waals surface area contributed by atoms with Crippen molar-refractivity contribution in [1.82, 2.24) is 0 Å². The second-order valence-electron chi connectivity index (χ2n) is 4.53. The summed E-state index contributed by atoms with van der Waals surface area (Å²) < 4.78 is 13.8. The van der Waals surface area contributed by atoms with Gasteiger partial charge in [0.1, 0.15) is 0 Å². The van der Waals surface area contributed by atoms with E-state index in [1.54, 1.807) is 32.9 Å². The fourth-order valence-corrected chi connectivity index (χ4v) is 1.29. The lowest BCUT2D eigenvalue weighted by Gasteiger charge is -2.19. The number of hydrogen-bond acceptors (Lipinski definition) is 1. The highest BCUT2D eigenvalue weighted by Gasteiger charge is 2.30. The van der Waals surface area contributed by atoms with Gasteiger partial charge in [0.25, 0.3) is 0 Å². The van der Waals surface area contributed by atoms with E-state index in [0.717, 1.165) is 0 Å². The van der Waals surface area contributed by atoms with E-state index in [0.29, 0.717) is 10.6 Å². The number of halogens is 2. The molecular formula is C12H14ClFO. The minimum absolute atomic E-state index is 0.360. The number of carbonyl (C=O) groups is 1. The summed E-state index contributed by atoms with van der Waals surface area (Å²) in [6.45, 7) is 5.12. The lowest BCUT2D eigenvalue weighted by atomic mass is 9.86. The topological polar surface area (TPSA) is 17.1 Å². The number of ketones is 1. The Balaban J connectivity index is 2.90. The number of alkyl halides is 1. The molecule has 1 aromatic carbocycles. The molecule has 1 rings (SSSR count). The van der Waals surface area contributed by atoms with Crippen molar-refractivity contribution in [1.29, 1.82) is 0 Å². The first-order valence-corrected chi connectivity index (χ1v) is 5.14. The molecule has 0 aliphatic rings. The first kappa shape index (κ1) is 12.2. The fourth-order valence-electron chi connectivity index (χ4n) is 1.16. The molecule has 82 valence electrons. The van der Waals surface area contributed by atoms with Gasteiger partial charge in [-0.1, -0.05) is 44.5 Å². The van der Waals surface area contributed by atoms with Crippen LogP contribution >= 0.6 is 11.6 Å². The molecule has 1 nitrogen and oxygen atoms in total. The summed E-state index contributed by atoms with van der Waals surface area (Å²) in [6.07, 6.45) is -1.57. The molecule has 0 fully saturated rings. The van der Waals surface area contributed by atoms with Crippen LogP contribution in [0, 0.1) is 5.41 Å². The third-order valence-corrected chi connectivity index (χ3v) is 2.38. The van der Waals surface area contributed by atoms with Gasteiger partial charge in [0.15, 0.2) is 12.0 Å². The summed E-state index contributed by atoms with van der Waals surface area (Å²) in [4.78, 5) is 11.6. The van der Waals surface area contributed by atoms with Crippen LogP contribution in [0.4, 0.5) is 4.39 Å². The minimum atomic E-state index is -1.57. The Kier molecular flexibility index (Phi) is 3.50. The van der Waals surface area contributed by atoms with Crippen molar-refractivity contribution >= 4 is 17.4 Å². The van der Waals surface area contributed by atoms with Crippen LogP contribution in [0.2, 0.25) is 5.02 Å².